The van der Waals surface area contributed by atoms with Crippen molar-refractivity contribution < 1.29 is 13.2 Å². The molecule has 5 nitrogen and oxygen atoms in total. The predicted octanol–water partition coefficient (Wildman–Crippen LogP) is 2.10. The molecule has 1 aliphatic heterocycles. The quantitative estimate of drug-likeness (QED) is 0.852. The first-order chi connectivity index (χ1) is 10.3. The van der Waals surface area contributed by atoms with Gasteiger partial charge in [0, 0.05) is 24.2 Å². The van der Waals surface area contributed by atoms with Crippen molar-refractivity contribution in [2.75, 3.05) is 13.1 Å². The van der Waals surface area contributed by atoms with Gasteiger partial charge >= 0.3 is 0 Å². The number of halogens is 1. The molecular weight excluding hydrogens is 324 g/mol. The van der Waals surface area contributed by atoms with Crippen LogP contribution in [0.4, 0.5) is 0 Å². The summed E-state index contributed by atoms with van der Waals surface area (Å²) in [6.45, 7) is 5.97. The van der Waals surface area contributed by atoms with Crippen molar-refractivity contribution >= 4 is 27.5 Å². The molecule has 1 heterocycles. The first kappa shape index (κ1) is 17.0. The minimum atomic E-state index is -3.54. The van der Waals surface area contributed by atoms with Gasteiger partial charge in [0.25, 0.3) is 0 Å². The van der Waals surface area contributed by atoms with Gasteiger partial charge in [0.05, 0.1) is 4.90 Å². The molecule has 1 aromatic carbocycles. The molecular formula is C15H19ClN2O3S. The van der Waals surface area contributed by atoms with Crippen LogP contribution in [0.3, 0.4) is 0 Å². The molecule has 1 N–H and O–H groups in total. The summed E-state index contributed by atoms with van der Waals surface area (Å²) in [7, 11) is -3.54. The van der Waals surface area contributed by atoms with E-state index in [0.29, 0.717) is 31.0 Å². The molecule has 120 valence electrons. The Hall–Kier alpha value is -1.37. The van der Waals surface area contributed by atoms with Crippen molar-refractivity contribution in [1.29, 1.82) is 0 Å². The van der Waals surface area contributed by atoms with Crippen LogP contribution in [0.15, 0.2) is 35.7 Å². The maximum absolute atomic E-state index is 12.6. The highest BCUT2D eigenvalue weighted by Crippen LogP contribution is 2.25. The lowest BCUT2D eigenvalue weighted by atomic mass is 10.1. The molecule has 0 aliphatic carbocycles. The molecule has 22 heavy (non-hydrogen) atoms. The molecule has 7 heteroatoms. The Labute approximate surface area is 136 Å². The highest BCUT2D eigenvalue weighted by Gasteiger charge is 2.29. The maximum atomic E-state index is 12.6. The first-order valence-corrected chi connectivity index (χ1v) is 8.85. The number of amides is 1. The van der Waals surface area contributed by atoms with Crippen LogP contribution in [0.1, 0.15) is 18.4 Å². The Morgan fingerprint density at radius 1 is 1.41 bits per heavy atom. The van der Waals surface area contributed by atoms with Gasteiger partial charge in [0.2, 0.25) is 15.9 Å². The fourth-order valence-electron chi connectivity index (χ4n) is 2.38. The number of nitrogens with zero attached hydrogens (tertiary/aromatic N) is 1. The lowest BCUT2D eigenvalue weighted by Gasteiger charge is -2.31. The fraction of sp³-hybridized carbons (Fsp3) is 0.400. The van der Waals surface area contributed by atoms with Gasteiger partial charge in [-0.05, 0) is 43.5 Å². The average Bonchev–Trinajstić information content (AvgIpc) is 2.50. The van der Waals surface area contributed by atoms with Gasteiger partial charge in [-0.1, -0.05) is 24.2 Å². The number of benzene rings is 1. The van der Waals surface area contributed by atoms with Crippen LogP contribution in [0.2, 0.25) is 5.02 Å². The zero-order valence-corrected chi connectivity index (χ0v) is 14.0. The summed E-state index contributed by atoms with van der Waals surface area (Å²) < 4.78 is 26.6. The number of nitrogens with one attached hydrogen (secondary N) is 1. The van der Waals surface area contributed by atoms with Gasteiger partial charge in [-0.25, -0.2) is 8.42 Å². The SMILES string of the molecule is C=CC(=O)NC1CCN(S(=O)(=O)c2ccc(C)c(Cl)c2)CC1. The third-order valence-electron chi connectivity index (χ3n) is 3.77. The highest BCUT2D eigenvalue weighted by atomic mass is 35.5. The number of piperidine rings is 1. The van der Waals surface area contributed by atoms with Crippen molar-refractivity contribution in [2.45, 2.75) is 30.7 Å². The second-order valence-corrected chi connectivity index (χ2v) is 7.65. The van der Waals surface area contributed by atoms with Gasteiger partial charge in [0.15, 0.2) is 0 Å². The van der Waals surface area contributed by atoms with Gasteiger partial charge in [-0.2, -0.15) is 4.31 Å². The number of carbonyl (C=O) groups is 1. The van der Waals surface area contributed by atoms with E-state index < -0.39 is 10.0 Å². The van der Waals surface area contributed by atoms with E-state index >= 15 is 0 Å². The zero-order chi connectivity index (χ0) is 16.3. The third kappa shape index (κ3) is 3.69. The Morgan fingerprint density at radius 2 is 2.05 bits per heavy atom. The number of rotatable bonds is 4. The van der Waals surface area contributed by atoms with E-state index in [0.717, 1.165) is 5.56 Å². The summed E-state index contributed by atoms with van der Waals surface area (Å²) in [5.41, 5.74) is 0.839. The van der Waals surface area contributed by atoms with E-state index in [1.54, 1.807) is 12.1 Å². The van der Waals surface area contributed by atoms with Gasteiger partial charge < -0.3 is 5.32 Å². The van der Waals surface area contributed by atoms with Crippen LogP contribution in [0.5, 0.6) is 0 Å². The molecule has 0 spiro atoms. The lowest BCUT2D eigenvalue weighted by Crippen LogP contribution is -2.46. The molecule has 1 amide bonds. The van der Waals surface area contributed by atoms with Crippen LogP contribution in [0, 0.1) is 6.92 Å². The summed E-state index contributed by atoms with van der Waals surface area (Å²) in [6.07, 6.45) is 2.38. The molecule has 1 aliphatic rings. The Bertz CT molecular complexity index is 680. The normalized spacial score (nSPS) is 17.2. The third-order valence-corrected chi connectivity index (χ3v) is 6.07. The van der Waals surface area contributed by atoms with E-state index in [4.69, 9.17) is 11.6 Å². The van der Waals surface area contributed by atoms with E-state index in [1.165, 1.54) is 16.4 Å². The molecule has 1 fully saturated rings. The number of sulfonamides is 1. The number of carbonyl (C=O) groups excluding carboxylic acids is 1. The summed E-state index contributed by atoms with van der Waals surface area (Å²) in [4.78, 5) is 11.5. The standard InChI is InChI=1S/C15H19ClN2O3S/c1-3-15(19)17-12-6-8-18(9-7-12)22(20,21)13-5-4-11(2)14(16)10-13/h3-5,10,12H,1,6-9H2,2H3,(H,17,19). The minimum absolute atomic E-state index is 0.0152. The minimum Gasteiger partial charge on any atom is -0.350 e. The van der Waals surface area contributed by atoms with Crippen molar-refractivity contribution in [2.24, 2.45) is 0 Å². The van der Waals surface area contributed by atoms with Crippen LogP contribution in [-0.2, 0) is 14.8 Å². The Balaban J connectivity index is 2.07. The zero-order valence-electron chi connectivity index (χ0n) is 12.4. The van der Waals surface area contributed by atoms with E-state index in [9.17, 15) is 13.2 Å². The number of hydrogen-bond acceptors (Lipinski definition) is 3. The summed E-state index contributed by atoms with van der Waals surface area (Å²) >= 11 is 6.02. The average molecular weight is 343 g/mol. The summed E-state index contributed by atoms with van der Waals surface area (Å²) in [5.74, 6) is -0.230. The predicted molar refractivity (Wildman–Crippen MR) is 86.3 cm³/mol. The number of hydrogen-bond donors (Lipinski definition) is 1. The molecule has 0 aromatic heterocycles. The summed E-state index contributed by atoms with van der Waals surface area (Å²) in [5, 5.41) is 3.24. The van der Waals surface area contributed by atoms with Crippen molar-refractivity contribution in [3.63, 3.8) is 0 Å². The van der Waals surface area contributed by atoms with E-state index in [1.807, 2.05) is 6.92 Å². The van der Waals surface area contributed by atoms with Crippen LogP contribution in [0.25, 0.3) is 0 Å². The van der Waals surface area contributed by atoms with E-state index in [2.05, 4.69) is 11.9 Å². The second-order valence-electron chi connectivity index (χ2n) is 5.30. The van der Waals surface area contributed by atoms with Crippen LogP contribution < -0.4 is 5.32 Å². The highest BCUT2D eigenvalue weighted by molar-refractivity contribution is 7.89. The van der Waals surface area contributed by atoms with Crippen LogP contribution >= 0.6 is 11.6 Å². The van der Waals surface area contributed by atoms with Gasteiger partial charge in [-0.3, -0.25) is 4.79 Å². The van der Waals surface area contributed by atoms with Crippen molar-refractivity contribution in [3.05, 3.63) is 41.4 Å². The second kappa shape index (κ2) is 6.81. The molecule has 0 bridgehead atoms. The van der Waals surface area contributed by atoms with E-state index in [-0.39, 0.29) is 16.8 Å². The molecule has 1 saturated heterocycles. The monoisotopic (exact) mass is 342 g/mol. The first-order valence-electron chi connectivity index (χ1n) is 7.04. The Kier molecular flexibility index (Phi) is 5.26. The maximum Gasteiger partial charge on any atom is 0.243 e. The van der Waals surface area contributed by atoms with Crippen molar-refractivity contribution in [1.82, 2.24) is 9.62 Å². The molecule has 0 saturated carbocycles. The summed E-state index contributed by atoms with van der Waals surface area (Å²) in [6, 6.07) is 4.74. The van der Waals surface area contributed by atoms with Gasteiger partial charge in [0.1, 0.15) is 0 Å². The number of aryl methyl sites for hydroxylation is 1. The Morgan fingerprint density at radius 3 is 2.59 bits per heavy atom. The smallest absolute Gasteiger partial charge is 0.243 e. The molecule has 0 atom stereocenters. The van der Waals surface area contributed by atoms with Crippen LogP contribution in [-0.4, -0.2) is 37.8 Å². The topological polar surface area (TPSA) is 66.5 Å². The molecule has 0 unspecified atom stereocenters. The molecule has 2 rings (SSSR count). The van der Waals surface area contributed by atoms with Gasteiger partial charge in [-0.15, -0.1) is 0 Å². The molecule has 1 aromatic rings. The van der Waals surface area contributed by atoms with Crippen molar-refractivity contribution in [3.8, 4) is 0 Å². The largest absolute Gasteiger partial charge is 0.350 e. The lowest BCUT2D eigenvalue weighted by molar-refractivity contribution is -0.117. The molecule has 0 radical (unpaired) electrons. The fourth-order valence-corrected chi connectivity index (χ4v) is 4.13.